The van der Waals surface area contributed by atoms with Crippen molar-refractivity contribution in [1.29, 1.82) is 0 Å². The van der Waals surface area contributed by atoms with Gasteiger partial charge in [-0.05, 0) is 68.8 Å². The number of hydrogen-bond donors (Lipinski definition) is 2. The Hall–Kier alpha value is -2.74. The predicted molar refractivity (Wildman–Crippen MR) is 136 cm³/mol. The van der Waals surface area contributed by atoms with E-state index in [1.807, 2.05) is 6.20 Å². The number of unbranched alkanes of at least 4 members (excludes halogenated alkanes) is 1. The van der Waals surface area contributed by atoms with E-state index in [1.165, 1.54) is 17.0 Å². The van der Waals surface area contributed by atoms with Gasteiger partial charge in [-0.3, -0.25) is 14.6 Å². The second kappa shape index (κ2) is 10.7. The molecule has 3 heterocycles. The fraction of sp³-hybridized carbons (Fsp3) is 0.607. The second-order valence-electron chi connectivity index (χ2n) is 10.8. The Morgan fingerprint density at radius 3 is 2.50 bits per heavy atom. The van der Waals surface area contributed by atoms with E-state index in [4.69, 9.17) is 0 Å². The topological polar surface area (TPSA) is 81.3 Å². The van der Waals surface area contributed by atoms with Gasteiger partial charge in [-0.25, -0.2) is 14.2 Å². The van der Waals surface area contributed by atoms with Crippen LogP contribution in [-0.4, -0.2) is 56.4 Å². The molecular weight excluding hydrogens is 457 g/mol. The number of carbonyl (C=O) groups is 2. The van der Waals surface area contributed by atoms with Crippen molar-refractivity contribution in [2.75, 3.05) is 13.1 Å². The summed E-state index contributed by atoms with van der Waals surface area (Å²) in [5, 5.41) is 3.17. The molecule has 0 spiro atoms. The lowest BCUT2D eigenvalue weighted by atomic mass is 9.73. The summed E-state index contributed by atoms with van der Waals surface area (Å²) in [6.07, 6.45) is 11.1. The number of piperidine rings is 1. The van der Waals surface area contributed by atoms with Gasteiger partial charge < -0.3 is 10.3 Å². The summed E-state index contributed by atoms with van der Waals surface area (Å²) in [7, 11) is 0. The highest BCUT2D eigenvalue weighted by Gasteiger charge is 2.57. The zero-order valence-electron chi connectivity index (χ0n) is 21.3. The molecule has 194 valence electrons. The van der Waals surface area contributed by atoms with E-state index in [0.717, 1.165) is 94.5 Å². The molecule has 2 N–H and O–H groups in total. The number of imidazole rings is 1. The van der Waals surface area contributed by atoms with Gasteiger partial charge >= 0.3 is 6.03 Å². The predicted octanol–water partition coefficient (Wildman–Crippen LogP) is 4.58. The smallest absolute Gasteiger partial charge is 0.325 e. The molecule has 8 heteroatoms. The molecule has 7 nitrogen and oxygen atoms in total. The molecule has 0 bridgehead atoms. The largest absolute Gasteiger partial charge is 0.345 e. The number of aromatic amines is 1. The maximum absolute atomic E-state index is 14.0. The summed E-state index contributed by atoms with van der Waals surface area (Å²) >= 11 is 0. The Labute approximate surface area is 212 Å². The van der Waals surface area contributed by atoms with Gasteiger partial charge in [0.05, 0.1) is 0 Å². The molecule has 36 heavy (non-hydrogen) atoms. The summed E-state index contributed by atoms with van der Waals surface area (Å²) in [5.41, 5.74) is 1.03. The van der Waals surface area contributed by atoms with Crippen molar-refractivity contribution in [2.24, 2.45) is 5.92 Å². The molecule has 5 rings (SSSR count). The molecule has 3 amide bonds. The van der Waals surface area contributed by atoms with Crippen LogP contribution < -0.4 is 5.32 Å². The summed E-state index contributed by atoms with van der Waals surface area (Å²) in [4.78, 5) is 39.1. The second-order valence-corrected chi connectivity index (χ2v) is 10.8. The van der Waals surface area contributed by atoms with Crippen molar-refractivity contribution >= 4 is 11.9 Å². The van der Waals surface area contributed by atoms with Crippen molar-refractivity contribution in [2.45, 2.75) is 89.3 Å². The summed E-state index contributed by atoms with van der Waals surface area (Å²) in [6, 6.07) is 6.07. The zero-order valence-corrected chi connectivity index (χ0v) is 21.3. The number of benzene rings is 1. The van der Waals surface area contributed by atoms with Gasteiger partial charge in [0.2, 0.25) is 0 Å². The Morgan fingerprint density at radius 2 is 1.81 bits per heavy atom. The summed E-state index contributed by atoms with van der Waals surface area (Å²) in [6.45, 7) is 4.70. The lowest BCUT2D eigenvalue weighted by Gasteiger charge is -2.41. The zero-order chi connectivity index (χ0) is 25.1. The highest BCUT2D eigenvalue weighted by Crippen LogP contribution is 2.39. The first kappa shape index (κ1) is 24.9. The van der Waals surface area contributed by atoms with Gasteiger partial charge in [-0.2, -0.15) is 0 Å². The van der Waals surface area contributed by atoms with Crippen LogP contribution in [0.15, 0.2) is 30.5 Å². The molecule has 1 aromatic heterocycles. The Kier molecular flexibility index (Phi) is 7.42. The van der Waals surface area contributed by atoms with Crippen molar-refractivity contribution < 1.29 is 14.0 Å². The lowest BCUT2D eigenvalue weighted by Crippen LogP contribution is -2.57. The minimum absolute atomic E-state index is 0.00466. The average molecular weight is 496 g/mol. The number of carbonyl (C=O) groups excluding carboxylic acids is 2. The third kappa shape index (κ3) is 5.05. The minimum Gasteiger partial charge on any atom is -0.345 e. The molecular formula is C28H38FN5O2. The van der Waals surface area contributed by atoms with E-state index < -0.39 is 5.54 Å². The molecule has 1 saturated carbocycles. The molecule has 1 aliphatic carbocycles. The van der Waals surface area contributed by atoms with Crippen molar-refractivity contribution in [3.05, 3.63) is 53.4 Å². The number of urea groups is 1. The summed E-state index contributed by atoms with van der Waals surface area (Å²) in [5.74, 6) is 0.693. The first-order chi connectivity index (χ1) is 17.5. The molecule has 2 aliphatic heterocycles. The Bertz CT molecular complexity index is 1060. The number of nitrogens with one attached hydrogen (secondary N) is 2. The molecule has 0 radical (unpaired) electrons. The number of likely N-dealkylation sites (tertiary alicyclic amines) is 1. The van der Waals surface area contributed by atoms with Gasteiger partial charge in [0.1, 0.15) is 17.2 Å². The number of aromatic nitrogens is 2. The van der Waals surface area contributed by atoms with Gasteiger partial charge in [0.15, 0.2) is 0 Å². The monoisotopic (exact) mass is 495 g/mol. The third-order valence-corrected chi connectivity index (χ3v) is 8.36. The highest BCUT2D eigenvalue weighted by atomic mass is 19.1. The standard InChI is InChI=1S/C28H38FN5O2/c1-2-3-8-25-30-18-23(31-25)19-33-15-13-21(14-16-33)28(17-20-9-11-22(29)12-10-20)26(35)34(27(36)32-28)24-6-4-5-7-24/h9-12,18,21,24H,2-8,13-17,19H2,1H3,(H,30,31)(H,32,36)/t28-/m1/s1. The first-order valence-electron chi connectivity index (χ1n) is 13.6. The maximum atomic E-state index is 14.0. The van der Waals surface area contributed by atoms with Gasteiger partial charge in [0.25, 0.3) is 5.91 Å². The van der Waals surface area contributed by atoms with E-state index in [-0.39, 0.29) is 29.7 Å². The molecule has 0 unspecified atom stereocenters. The van der Waals surface area contributed by atoms with Crippen LogP contribution in [0.25, 0.3) is 0 Å². The number of amides is 3. The molecule has 3 fully saturated rings. The number of halogens is 1. The molecule has 3 aliphatic rings. The third-order valence-electron chi connectivity index (χ3n) is 8.36. The normalized spacial score (nSPS) is 24.1. The Morgan fingerprint density at radius 1 is 1.08 bits per heavy atom. The quantitative estimate of drug-likeness (QED) is 0.499. The molecule has 2 aromatic rings. The van der Waals surface area contributed by atoms with E-state index in [2.05, 4.69) is 27.1 Å². The van der Waals surface area contributed by atoms with Crippen LogP contribution >= 0.6 is 0 Å². The van der Waals surface area contributed by atoms with Crippen LogP contribution in [0.4, 0.5) is 9.18 Å². The van der Waals surface area contributed by atoms with Crippen molar-refractivity contribution in [3.63, 3.8) is 0 Å². The fourth-order valence-corrected chi connectivity index (χ4v) is 6.35. The van der Waals surface area contributed by atoms with Crippen molar-refractivity contribution in [3.8, 4) is 0 Å². The lowest BCUT2D eigenvalue weighted by molar-refractivity contribution is -0.135. The fourth-order valence-electron chi connectivity index (χ4n) is 6.35. The maximum Gasteiger partial charge on any atom is 0.325 e. The van der Waals surface area contributed by atoms with E-state index in [9.17, 15) is 14.0 Å². The van der Waals surface area contributed by atoms with Crippen molar-refractivity contribution in [1.82, 2.24) is 25.1 Å². The van der Waals surface area contributed by atoms with E-state index in [1.54, 1.807) is 12.1 Å². The van der Waals surface area contributed by atoms with E-state index in [0.29, 0.717) is 6.42 Å². The van der Waals surface area contributed by atoms with Crippen LogP contribution in [-0.2, 0) is 24.2 Å². The molecule has 2 saturated heterocycles. The van der Waals surface area contributed by atoms with Crippen LogP contribution in [0.5, 0.6) is 0 Å². The highest BCUT2D eigenvalue weighted by molar-refractivity contribution is 6.07. The summed E-state index contributed by atoms with van der Waals surface area (Å²) < 4.78 is 13.6. The number of nitrogens with zero attached hydrogens (tertiary/aromatic N) is 3. The van der Waals surface area contributed by atoms with Gasteiger partial charge in [-0.1, -0.05) is 38.3 Å². The first-order valence-corrected chi connectivity index (χ1v) is 13.6. The SMILES string of the molecule is CCCCc1ncc(CN2CCC([C@@]3(Cc4ccc(F)cc4)NC(=O)N(C4CCCC4)C3=O)CC2)[nH]1. The van der Waals surface area contributed by atoms with Crippen LogP contribution in [0.1, 0.15) is 75.4 Å². The number of imide groups is 1. The molecule has 1 aromatic carbocycles. The number of aryl methyl sites for hydroxylation is 1. The number of rotatable bonds is 9. The van der Waals surface area contributed by atoms with Gasteiger partial charge in [0, 0.05) is 37.3 Å². The number of hydrogen-bond acceptors (Lipinski definition) is 4. The van der Waals surface area contributed by atoms with Crippen LogP contribution in [0.3, 0.4) is 0 Å². The molecule has 1 atom stereocenters. The van der Waals surface area contributed by atoms with E-state index >= 15 is 0 Å². The average Bonchev–Trinajstić information content (AvgIpc) is 3.61. The Balaban J connectivity index is 1.31. The van der Waals surface area contributed by atoms with Crippen LogP contribution in [0.2, 0.25) is 0 Å². The number of H-pyrrole nitrogens is 1. The van der Waals surface area contributed by atoms with Crippen LogP contribution in [0, 0.1) is 11.7 Å². The van der Waals surface area contributed by atoms with Gasteiger partial charge in [-0.15, -0.1) is 0 Å². The minimum atomic E-state index is -0.967.